The van der Waals surface area contributed by atoms with Crippen LogP contribution in [-0.2, 0) is 17.8 Å². The van der Waals surface area contributed by atoms with Gasteiger partial charge in [-0.05, 0) is 18.1 Å². The summed E-state index contributed by atoms with van der Waals surface area (Å²) < 4.78 is 5.17. The zero-order chi connectivity index (χ0) is 14.4. The summed E-state index contributed by atoms with van der Waals surface area (Å²) in [6, 6.07) is 11.6. The van der Waals surface area contributed by atoms with Crippen LogP contribution in [0.5, 0.6) is 0 Å². The summed E-state index contributed by atoms with van der Waals surface area (Å²) >= 11 is 0. The lowest BCUT2D eigenvalue weighted by molar-refractivity contribution is -0.125. The van der Waals surface area contributed by atoms with E-state index in [0.29, 0.717) is 12.3 Å². The molecule has 2 aromatic rings. The van der Waals surface area contributed by atoms with E-state index in [1.807, 2.05) is 43.3 Å². The van der Waals surface area contributed by atoms with E-state index in [1.165, 1.54) is 0 Å². The first-order valence-electron chi connectivity index (χ1n) is 6.61. The molecule has 4 heteroatoms. The predicted octanol–water partition coefficient (Wildman–Crippen LogP) is 2.91. The van der Waals surface area contributed by atoms with Crippen molar-refractivity contribution in [1.82, 2.24) is 10.1 Å². The summed E-state index contributed by atoms with van der Waals surface area (Å²) in [5.41, 5.74) is 1.91. The number of carbonyl (C=O) groups is 1. The monoisotopic (exact) mass is 270 g/mol. The molecule has 0 aliphatic rings. The molecule has 0 saturated heterocycles. The third kappa shape index (κ3) is 3.82. The first-order valence-corrected chi connectivity index (χ1v) is 6.61. The molecular weight excluding hydrogens is 252 g/mol. The number of benzene rings is 1. The number of aromatic nitrogens is 1. The van der Waals surface area contributed by atoms with Gasteiger partial charge in [-0.3, -0.25) is 4.79 Å². The minimum absolute atomic E-state index is 0.0664. The summed E-state index contributed by atoms with van der Waals surface area (Å²) in [5.74, 6) is 0.633. The lowest BCUT2D eigenvalue weighted by Crippen LogP contribution is -2.23. The Morgan fingerprint density at radius 3 is 2.75 bits per heavy atom. The maximum Gasteiger partial charge on any atom is 0.246 e. The minimum Gasteiger partial charge on any atom is -0.359 e. The first kappa shape index (κ1) is 14.1. The molecule has 104 valence electrons. The highest BCUT2D eigenvalue weighted by atomic mass is 16.5. The number of amides is 1. The van der Waals surface area contributed by atoms with E-state index in [-0.39, 0.29) is 5.91 Å². The summed E-state index contributed by atoms with van der Waals surface area (Å²) in [6.45, 7) is 2.43. The Hall–Kier alpha value is -2.36. The Labute approximate surface area is 118 Å². The van der Waals surface area contributed by atoms with E-state index >= 15 is 0 Å². The summed E-state index contributed by atoms with van der Waals surface area (Å²) in [4.78, 5) is 13.6. The zero-order valence-corrected chi connectivity index (χ0v) is 11.7. The van der Waals surface area contributed by atoms with Crippen LogP contribution >= 0.6 is 0 Å². The highest BCUT2D eigenvalue weighted by Crippen LogP contribution is 2.08. The number of nitrogens with zero attached hydrogens (tertiary/aromatic N) is 2. The standard InChI is InChI=1S/C16H18N2O2/c1-3-14-11-15(20-17-14)12-18(2)16(19)10-9-13-7-5-4-6-8-13/h4-11H,3,12H2,1-2H3. The van der Waals surface area contributed by atoms with Gasteiger partial charge in [0, 0.05) is 19.2 Å². The fourth-order valence-electron chi connectivity index (χ4n) is 1.77. The van der Waals surface area contributed by atoms with Gasteiger partial charge in [-0.2, -0.15) is 0 Å². The second-order valence-corrected chi connectivity index (χ2v) is 4.58. The van der Waals surface area contributed by atoms with Crippen LogP contribution in [0, 0.1) is 0 Å². The Morgan fingerprint density at radius 2 is 2.10 bits per heavy atom. The third-order valence-corrected chi connectivity index (χ3v) is 2.96. The van der Waals surface area contributed by atoms with Gasteiger partial charge < -0.3 is 9.42 Å². The van der Waals surface area contributed by atoms with Crippen LogP contribution in [0.4, 0.5) is 0 Å². The van der Waals surface area contributed by atoms with Gasteiger partial charge >= 0.3 is 0 Å². The largest absolute Gasteiger partial charge is 0.359 e. The molecule has 0 spiro atoms. The average molecular weight is 270 g/mol. The van der Waals surface area contributed by atoms with Crippen molar-refractivity contribution in [3.63, 3.8) is 0 Å². The maximum atomic E-state index is 12.0. The molecule has 0 radical (unpaired) electrons. The van der Waals surface area contributed by atoms with Crippen LogP contribution in [0.2, 0.25) is 0 Å². The van der Waals surface area contributed by atoms with Crippen molar-refractivity contribution in [1.29, 1.82) is 0 Å². The third-order valence-electron chi connectivity index (χ3n) is 2.96. The number of rotatable bonds is 5. The second-order valence-electron chi connectivity index (χ2n) is 4.58. The first-order chi connectivity index (χ1) is 9.69. The zero-order valence-electron chi connectivity index (χ0n) is 11.7. The SMILES string of the molecule is CCc1cc(CN(C)C(=O)C=Cc2ccccc2)on1. The van der Waals surface area contributed by atoms with Gasteiger partial charge in [0.15, 0.2) is 5.76 Å². The van der Waals surface area contributed by atoms with Gasteiger partial charge in [0.25, 0.3) is 0 Å². The summed E-state index contributed by atoms with van der Waals surface area (Å²) in [6.07, 6.45) is 4.19. The van der Waals surface area contributed by atoms with Crippen LogP contribution in [0.15, 0.2) is 47.0 Å². The molecule has 20 heavy (non-hydrogen) atoms. The molecule has 0 unspecified atom stereocenters. The van der Waals surface area contributed by atoms with E-state index in [1.54, 1.807) is 24.1 Å². The van der Waals surface area contributed by atoms with Crippen LogP contribution in [0.1, 0.15) is 23.9 Å². The molecule has 0 bridgehead atoms. The Morgan fingerprint density at radius 1 is 1.35 bits per heavy atom. The van der Waals surface area contributed by atoms with Gasteiger partial charge in [-0.25, -0.2) is 0 Å². The molecule has 0 aliphatic heterocycles. The van der Waals surface area contributed by atoms with Gasteiger partial charge in [0.1, 0.15) is 0 Å². The summed E-state index contributed by atoms with van der Waals surface area (Å²) in [7, 11) is 1.74. The number of aryl methyl sites for hydroxylation is 1. The van der Waals surface area contributed by atoms with Crippen LogP contribution in [0.25, 0.3) is 6.08 Å². The lowest BCUT2D eigenvalue weighted by atomic mass is 10.2. The molecule has 2 rings (SSSR count). The quantitative estimate of drug-likeness (QED) is 0.785. The van der Waals surface area contributed by atoms with Crippen molar-refractivity contribution in [2.24, 2.45) is 0 Å². The highest BCUT2D eigenvalue weighted by Gasteiger charge is 2.09. The smallest absolute Gasteiger partial charge is 0.246 e. The van der Waals surface area contributed by atoms with E-state index in [0.717, 1.165) is 17.7 Å². The van der Waals surface area contributed by atoms with Crippen molar-refractivity contribution < 1.29 is 9.32 Å². The second kappa shape index (κ2) is 6.70. The molecule has 0 aliphatic carbocycles. The molecule has 1 amide bonds. The predicted molar refractivity (Wildman–Crippen MR) is 77.8 cm³/mol. The Kier molecular flexibility index (Phi) is 4.71. The van der Waals surface area contributed by atoms with E-state index in [9.17, 15) is 4.79 Å². The van der Waals surface area contributed by atoms with Crippen molar-refractivity contribution in [3.05, 3.63) is 59.5 Å². The Bertz CT molecular complexity index is 588. The normalized spacial score (nSPS) is 10.9. The van der Waals surface area contributed by atoms with E-state index < -0.39 is 0 Å². The van der Waals surface area contributed by atoms with Crippen molar-refractivity contribution >= 4 is 12.0 Å². The van der Waals surface area contributed by atoms with Crippen LogP contribution < -0.4 is 0 Å². The fourth-order valence-corrected chi connectivity index (χ4v) is 1.77. The lowest BCUT2D eigenvalue weighted by Gasteiger charge is -2.12. The van der Waals surface area contributed by atoms with E-state index in [2.05, 4.69) is 5.16 Å². The summed E-state index contributed by atoms with van der Waals surface area (Å²) in [5, 5.41) is 3.91. The number of carbonyl (C=O) groups excluding carboxylic acids is 1. The topological polar surface area (TPSA) is 46.3 Å². The average Bonchev–Trinajstić information content (AvgIpc) is 2.93. The van der Waals surface area contributed by atoms with Crippen LogP contribution in [-0.4, -0.2) is 23.0 Å². The minimum atomic E-state index is -0.0664. The van der Waals surface area contributed by atoms with Crippen molar-refractivity contribution in [3.8, 4) is 0 Å². The van der Waals surface area contributed by atoms with Crippen molar-refractivity contribution in [2.45, 2.75) is 19.9 Å². The van der Waals surface area contributed by atoms with Crippen molar-refractivity contribution in [2.75, 3.05) is 7.05 Å². The molecule has 0 atom stereocenters. The number of likely N-dealkylation sites (N-methyl/N-ethyl adjacent to an activating group) is 1. The molecule has 0 fully saturated rings. The highest BCUT2D eigenvalue weighted by molar-refractivity contribution is 5.91. The van der Waals surface area contributed by atoms with E-state index in [4.69, 9.17) is 4.52 Å². The van der Waals surface area contributed by atoms with Gasteiger partial charge in [-0.15, -0.1) is 0 Å². The molecule has 0 N–H and O–H groups in total. The van der Waals surface area contributed by atoms with Gasteiger partial charge in [0.2, 0.25) is 5.91 Å². The molecule has 0 saturated carbocycles. The van der Waals surface area contributed by atoms with Gasteiger partial charge in [0.05, 0.1) is 12.2 Å². The van der Waals surface area contributed by atoms with Crippen LogP contribution in [0.3, 0.4) is 0 Å². The molecular formula is C16H18N2O2. The molecule has 4 nitrogen and oxygen atoms in total. The Balaban J connectivity index is 1.93. The molecule has 1 aromatic heterocycles. The molecule has 1 aromatic carbocycles. The number of hydrogen-bond donors (Lipinski definition) is 0. The molecule has 1 heterocycles. The van der Waals surface area contributed by atoms with Gasteiger partial charge in [-0.1, -0.05) is 42.4 Å². The fraction of sp³-hybridized carbons (Fsp3) is 0.250. The maximum absolute atomic E-state index is 12.0. The number of hydrogen-bond acceptors (Lipinski definition) is 3.